The van der Waals surface area contributed by atoms with Crippen molar-refractivity contribution in [2.75, 3.05) is 18.5 Å². The van der Waals surface area contributed by atoms with E-state index in [9.17, 15) is 18.0 Å². The van der Waals surface area contributed by atoms with E-state index in [1.54, 1.807) is 13.8 Å². The maximum absolute atomic E-state index is 13.2. The van der Waals surface area contributed by atoms with Gasteiger partial charge in [-0.05, 0) is 32.4 Å². The van der Waals surface area contributed by atoms with Crippen molar-refractivity contribution in [3.63, 3.8) is 0 Å². The molecule has 0 fully saturated rings. The summed E-state index contributed by atoms with van der Waals surface area (Å²) in [6, 6.07) is 2.59. The summed E-state index contributed by atoms with van der Waals surface area (Å²) in [7, 11) is 0. The first kappa shape index (κ1) is 18.1. The maximum atomic E-state index is 13.2. The number of nitrogens with one attached hydrogen (secondary N) is 2. The summed E-state index contributed by atoms with van der Waals surface area (Å²) in [5.41, 5.74) is -0.595. The highest BCUT2D eigenvalue weighted by molar-refractivity contribution is 5.91. The number of amides is 2. The first-order valence-electron chi connectivity index (χ1n) is 6.64. The van der Waals surface area contributed by atoms with Gasteiger partial charge in [0.25, 0.3) is 6.43 Å². The number of aliphatic hydroxyl groups excluding tert-OH is 1. The Kier molecular flexibility index (Phi) is 6.48. The molecule has 0 aliphatic heterocycles. The van der Waals surface area contributed by atoms with Crippen molar-refractivity contribution in [1.82, 2.24) is 5.32 Å². The minimum absolute atomic E-state index is 0.0688. The van der Waals surface area contributed by atoms with Gasteiger partial charge in [-0.15, -0.1) is 0 Å². The Bertz CT molecular complexity index is 510. The van der Waals surface area contributed by atoms with E-state index in [2.05, 4.69) is 10.6 Å². The number of halogens is 3. The molecule has 0 aliphatic carbocycles. The van der Waals surface area contributed by atoms with Gasteiger partial charge in [-0.1, -0.05) is 0 Å². The predicted molar refractivity (Wildman–Crippen MR) is 75.8 cm³/mol. The van der Waals surface area contributed by atoms with Gasteiger partial charge < -0.3 is 20.5 Å². The van der Waals surface area contributed by atoms with Gasteiger partial charge in [-0.3, -0.25) is 0 Å². The lowest BCUT2D eigenvalue weighted by Crippen LogP contribution is -2.46. The molecule has 2 amide bonds. The number of carbonyl (C=O) groups excluding carboxylic acids is 1. The average Bonchev–Trinajstić information content (AvgIpc) is 2.38. The van der Waals surface area contributed by atoms with Crippen molar-refractivity contribution < 1.29 is 27.8 Å². The lowest BCUT2D eigenvalue weighted by molar-refractivity contribution is 0.0821. The van der Waals surface area contributed by atoms with Gasteiger partial charge in [-0.25, -0.2) is 18.0 Å². The van der Waals surface area contributed by atoms with Crippen LogP contribution in [-0.4, -0.2) is 36.3 Å². The quantitative estimate of drug-likeness (QED) is 0.723. The van der Waals surface area contributed by atoms with Crippen LogP contribution in [0.5, 0.6) is 5.75 Å². The predicted octanol–water partition coefficient (Wildman–Crippen LogP) is 2.75. The first-order valence-corrected chi connectivity index (χ1v) is 6.64. The minimum Gasteiger partial charge on any atom is -0.485 e. The Hall–Kier alpha value is -1.96. The maximum Gasteiger partial charge on any atom is 0.319 e. The van der Waals surface area contributed by atoms with Crippen molar-refractivity contribution in [3.05, 3.63) is 24.0 Å². The van der Waals surface area contributed by atoms with Crippen LogP contribution in [0.4, 0.5) is 23.7 Å². The molecular weight excluding hydrogens is 301 g/mol. The molecule has 8 heteroatoms. The highest BCUT2D eigenvalue weighted by Crippen LogP contribution is 2.26. The Labute approximate surface area is 126 Å². The van der Waals surface area contributed by atoms with Crippen molar-refractivity contribution in [2.45, 2.75) is 32.2 Å². The van der Waals surface area contributed by atoms with E-state index in [4.69, 9.17) is 9.84 Å². The molecule has 5 nitrogen and oxygen atoms in total. The molecule has 0 heterocycles. The van der Waals surface area contributed by atoms with Gasteiger partial charge in [0.1, 0.15) is 18.2 Å². The average molecular weight is 320 g/mol. The molecule has 0 aromatic heterocycles. The third-order valence-corrected chi connectivity index (χ3v) is 2.75. The number of alkyl halides is 2. The van der Waals surface area contributed by atoms with E-state index in [1.807, 2.05) is 0 Å². The fourth-order valence-electron chi connectivity index (χ4n) is 1.67. The number of hydrogen-bond donors (Lipinski definition) is 3. The Morgan fingerprint density at radius 1 is 1.41 bits per heavy atom. The molecule has 0 saturated heterocycles. The van der Waals surface area contributed by atoms with Gasteiger partial charge in [0.15, 0.2) is 0 Å². The molecule has 124 valence electrons. The fraction of sp³-hybridized carbons (Fsp3) is 0.500. The molecule has 1 rings (SSSR count). The largest absolute Gasteiger partial charge is 0.485 e. The standard InChI is InChI=1S/C14H19F3N2O3/c1-14(2,5-6-20)19-13(21)18-10-4-3-9(15)7-11(10)22-8-12(16)17/h3-4,7,12,20H,5-6,8H2,1-2H3,(H2,18,19,21). The molecule has 0 saturated carbocycles. The number of carbonyl (C=O) groups is 1. The molecule has 1 aromatic rings. The fourth-order valence-corrected chi connectivity index (χ4v) is 1.67. The van der Waals surface area contributed by atoms with Crippen LogP contribution >= 0.6 is 0 Å². The Balaban J connectivity index is 2.77. The van der Waals surface area contributed by atoms with E-state index in [-0.39, 0.29) is 18.0 Å². The third-order valence-electron chi connectivity index (χ3n) is 2.75. The van der Waals surface area contributed by atoms with Crippen LogP contribution in [0.1, 0.15) is 20.3 Å². The molecule has 0 unspecified atom stereocenters. The van der Waals surface area contributed by atoms with E-state index in [0.717, 1.165) is 12.1 Å². The zero-order valence-electron chi connectivity index (χ0n) is 12.3. The second-order valence-corrected chi connectivity index (χ2v) is 5.28. The molecule has 0 atom stereocenters. The van der Waals surface area contributed by atoms with Crippen molar-refractivity contribution >= 4 is 11.7 Å². The van der Waals surface area contributed by atoms with Gasteiger partial charge in [0.05, 0.1) is 5.69 Å². The summed E-state index contributed by atoms with van der Waals surface area (Å²) in [5.74, 6) is -0.855. The number of benzene rings is 1. The molecule has 0 radical (unpaired) electrons. The molecule has 3 N–H and O–H groups in total. The minimum atomic E-state index is -2.71. The van der Waals surface area contributed by atoms with Crippen molar-refractivity contribution in [3.8, 4) is 5.75 Å². The first-order chi connectivity index (χ1) is 10.2. The van der Waals surface area contributed by atoms with Gasteiger partial charge >= 0.3 is 6.03 Å². The van der Waals surface area contributed by atoms with Gasteiger partial charge in [0, 0.05) is 18.2 Å². The summed E-state index contributed by atoms with van der Waals surface area (Å²) in [5, 5.41) is 13.9. The summed E-state index contributed by atoms with van der Waals surface area (Å²) in [6.07, 6.45) is -2.38. The molecule has 22 heavy (non-hydrogen) atoms. The van der Waals surface area contributed by atoms with Crippen LogP contribution in [0.25, 0.3) is 0 Å². The number of rotatable bonds is 7. The van der Waals surface area contributed by atoms with E-state index >= 15 is 0 Å². The summed E-state index contributed by atoms with van der Waals surface area (Å²) in [4.78, 5) is 11.9. The normalized spacial score (nSPS) is 11.4. The Morgan fingerprint density at radius 2 is 2.09 bits per heavy atom. The van der Waals surface area contributed by atoms with Crippen LogP contribution in [0.15, 0.2) is 18.2 Å². The summed E-state index contributed by atoms with van der Waals surface area (Å²) >= 11 is 0. The van der Waals surface area contributed by atoms with E-state index in [0.29, 0.717) is 6.42 Å². The molecule has 0 spiro atoms. The molecule has 0 bridgehead atoms. The van der Waals surface area contributed by atoms with Crippen LogP contribution in [0.2, 0.25) is 0 Å². The monoisotopic (exact) mass is 320 g/mol. The second kappa shape index (κ2) is 7.88. The number of aliphatic hydroxyl groups is 1. The lowest BCUT2D eigenvalue weighted by atomic mass is 10.0. The SMILES string of the molecule is CC(C)(CCO)NC(=O)Nc1ccc(F)cc1OCC(F)F. The number of anilines is 1. The zero-order valence-corrected chi connectivity index (χ0v) is 12.3. The van der Waals surface area contributed by atoms with Crippen LogP contribution in [0, 0.1) is 5.82 Å². The van der Waals surface area contributed by atoms with Crippen molar-refractivity contribution in [1.29, 1.82) is 0 Å². The highest BCUT2D eigenvalue weighted by atomic mass is 19.3. The number of ether oxygens (including phenoxy) is 1. The van der Waals surface area contributed by atoms with Gasteiger partial charge in [-0.2, -0.15) is 0 Å². The molecule has 0 aliphatic rings. The molecular formula is C14H19F3N2O3. The number of urea groups is 1. The molecule has 1 aromatic carbocycles. The van der Waals surface area contributed by atoms with Crippen LogP contribution in [0.3, 0.4) is 0 Å². The zero-order chi connectivity index (χ0) is 16.8. The van der Waals surface area contributed by atoms with Gasteiger partial charge in [0.2, 0.25) is 0 Å². The number of hydrogen-bond acceptors (Lipinski definition) is 3. The third kappa shape index (κ3) is 6.21. The lowest BCUT2D eigenvalue weighted by Gasteiger charge is -2.25. The van der Waals surface area contributed by atoms with E-state index < -0.39 is 30.4 Å². The topological polar surface area (TPSA) is 70.6 Å². The summed E-state index contributed by atoms with van der Waals surface area (Å²) < 4.78 is 42.3. The summed E-state index contributed by atoms with van der Waals surface area (Å²) in [6.45, 7) is 2.41. The Morgan fingerprint density at radius 3 is 2.68 bits per heavy atom. The van der Waals surface area contributed by atoms with E-state index in [1.165, 1.54) is 6.07 Å². The van der Waals surface area contributed by atoms with Crippen molar-refractivity contribution in [2.24, 2.45) is 0 Å². The second-order valence-electron chi connectivity index (χ2n) is 5.28. The smallest absolute Gasteiger partial charge is 0.319 e. The highest BCUT2D eigenvalue weighted by Gasteiger charge is 2.20. The van der Waals surface area contributed by atoms with Crippen LogP contribution < -0.4 is 15.4 Å². The van der Waals surface area contributed by atoms with Crippen LogP contribution in [-0.2, 0) is 0 Å².